The van der Waals surface area contributed by atoms with E-state index in [4.69, 9.17) is 4.74 Å². The maximum Gasteiger partial charge on any atom is 0.255 e. The highest BCUT2D eigenvalue weighted by Crippen LogP contribution is 2.27. The van der Waals surface area contributed by atoms with Crippen LogP contribution in [-0.2, 0) is 13.0 Å². The summed E-state index contributed by atoms with van der Waals surface area (Å²) in [6.07, 6.45) is 0.790. The van der Waals surface area contributed by atoms with Crippen molar-refractivity contribution in [2.45, 2.75) is 13.0 Å². The van der Waals surface area contributed by atoms with Crippen molar-refractivity contribution in [1.82, 2.24) is 5.32 Å². The lowest BCUT2D eigenvalue weighted by Crippen LogP contribution is -2.24. The van der Waals surface area contributed by atoms with Gasteiger partial charge in [0.25, 0.3) is 11.8 Å². The van der Waals surface area contributed by atoms with Gasteiger partial charge in [0, 0.05) is 18.5 Å². The van der Waals surface area contributed by atoms with Crippen LogP contribution in [0.4, 0.5) is 5.69 Å². The molecule has 0 saturated carbocycles. The van der Waals surface area contributed by atoms with Crippen LogP contribution in [0.15, 0.2) is 108 Å². The molecule has 0 aromatic heterocycles. The zero-order valence-electron chi connectivity index (χ0n) is 19.0. The SMILES string of the molecule is O=C(Nc1ccccc1C(=O)NCc1ccccc1)c1ccc(OCCc2ccccc2)c(Br)c1. The molecule has 0 aliphatic heterocycles. The summed E-state index contributed by atoms with van der Waals surface area (Å²) in [5.74, 6) is 0.0936. The van der Waals surface area contributed by atoms with Gasteiger partial charge in [-0.25, -0.2) is 0 Å². The Morgan fingerprint density at radius 1 is 0.743 bits per heavy atom. The van der Waals surface area contributed by atoms with E-state index in [2.05, 4.69) is 38.7 Å². The first kappa shape index (κ1) is 24.2. The van der Waals surface area contributed by atoms with E-state index in [9.17, 15) is 9.59 Å². The Kier molecular flexibility index (Phi) is 8.30. The first-order chi connectivity index (χ1) is 17.1. The Morgan fingerprint density at radius 3 is 2.11 bits per heavy atom. The summed E-state index contributed by atoms with van der Waals surface area (Å²) in [5.41, 5.74) is 3.50. The van der Waals surface area contributed by atoms with E-state index >= 15 is 0 Å². The lowest BCUT2D eigenvalue weighted by atomic mass is 10.1. The number of carbonyl (C=O) groups excluding carboxylic acids is 2. The predicted octanol–water partition coefficient (Wildman–Crippen LogP) is 6.25. The van der Waals surface area contributed by atoms with Crippen molar-refractivity contribution in [1.29, 1.82) is 0 Å². The molecule has 5 nitrogen and oxygen atoms in total. The van der Waals surface area contributed by atoms with Gasteiger partial charge in [-0.2, -0.15) is 0 Å². The lowest BCUT2D eigenvalue weighted by molar-refractivity contribution is 0.0952. The number of rotatable bonds is 9. The first-order valence-corrected chi connectivity index (χ1v) is 12.1. The molecular weight excluding hydrogens is 504 g/mol. The highest BCUT2D eigenvalue weighted by molar-refractivity contribution is 9.10. The summed E-state index contributed by atoms with van der Waals surface area (Å²) in [4.78, 5) is 25.7. The molecule has 0 bridgehead atoms. The van der Waals surface area contributed by atoms with Crippen molar-refractivity contribution in [2.24, 2.45) is 0 Å². The van der Waals surface area contributed by atoms with Gasteiger partial charge >= 0.3 is 0 Å². The second-order valence-electron chi connectivity index (χ2n) is 7.90. The summed E-state index contributed by atoms with van der Waals surface area (Å²) >= 11 is 3.50. The Morgan fingerprint density at radius 2 is 1.40 bits per heavy atom. The van der Waals surface area contributed by atoms with E-state index in [0.29, 0.717) is 40.2 Å². The van der Waals surface area contributed by atoms with E-state index < -0.39 is 0 Å². The quantitative estimate of drug-likeness (QED) is 0.269. The van der Waals surface area contributed by atoms with Crippen LogP contribution >= 0.6 is 15.9 Å². The fraction of sp³-hybridized carbons (Fsp3) is 0.103. The largest absolute Gasteiger partial charge is 0.492 e. The third kappa shape index (κ3) is 6.80. The number of anilines is 1. The Labute approximate surface area is 213 Å². The minimum Gasteiger partial charge on any atom is -0.492 e. The number of amides is 2. The molecule has 0 atom stereocenters. The number of ether oxygens (including phenoxy) is 1. The van der Waals surface area contributed by atoms with Gasteiger partial charge in [-0.3, -0.25) is 9.59 Å². The minimum atomic E-state index is -0.315. The Hall–Kier alpha value is -3.90. The van der Waals surface area contributed by atoms with Crippen molar-refractivity contribution in [3.63, 3.8) is 0 Å². The topological polar surface area (TPSA) is 67.4 Å². The van der Waals surface area contributed by atoms with Gasteiger partial charge in [0.05, 0.1) is 22.3 Å². The maximum absolute atomic E-state index is 12.9. The van der Waals surface area contributed by atoms with Gasteiger partial charge in [0.1, 0.15) is 5.75 Å². The molecule has 0 radical (unpaired) electrons. The van der Waals surface area contributed by atoms with E-state index in [-0.39, 0.29) is 11.8 Å². The van der Waals surface area contributed by atoms with Gasteiger partial charge < -0.3 is 15.4 Å². The number of nitrogens with one attached hydrogen (secondary N) is 2. The molecule has 0 saturated heterocycles. The number of hydrogen-bond acceptors (Lipinski definition) is 3. The smallest absolute Gasteiger partial charge is 0.255 e. The number of halogens is 1. The van der Waals surface area contributed by atoms with E-state index in [0.717, 1.165) is 12.0 Å². The molecule has 0 aliphatic carbocycles. The van der Waals surface area contributed by atoms with Gasteiger partial charge in [-0.05, 0) is 57.4 Å². The number of carbonyl (C=O) groups is 2. The van der Waals surface area contributed by atoms with Gasteiger partial charge in [-0.1, -0.05) is 72.8 Å². The predicted molar refractivity (Wildman–Crippen MR) is 142 cm³/mol. The molecule has 4 aromatic rings. The molecule has 0 aliphatic rings. The molecular formula is C29H25BrN2O3. The molecule has 4 rings (SSSR count). The van der Waals surface area contributed by atoms with Crippen LogP contribution in [0.3, 0.4) is 0 Å². The maximum atomic E-state index is 12.9. The zero-order chi connectivity index (χ0) is 24.5. The van der Waals surface area contributed by atoms with E-state index in [1.807, 2.05) is 48.5 Å². The summed E-state index contributed by atoms with van der Waals surface area (Å²) < 4.78 is 6.56. The van der Waals surface area contributed by atoms with Crippen LogP contribution in [0, 0.1) is 0 Å². The fourth-order valence-electron chi connectivity index (χ4n) is 3.54. The van der Waals surface area contributed by atoms with Crippen LogP contribution in [0.2, 0.25) is 0 Å². The summed E-state index contributed by atoms with van der Waals surface area (Å²) in [6, 6.07) is 31.9. The van der Waals surface area contributed by atoms with Crippen LogP contribution < -0.4 is 15.4 Å². The van der Waals surface area contributed by atoms with Crippen LogP contribution in [-0.4, -0.2) is 18.4 Å². The van der Waals surface area contributed by atoms with Crippen LogP contribution in [0.5, 0.6) is 5.75 Å². The Bertz CT molecular complexity index is 1290. The van der Waals surface area contributed by atoms with Gasteiger partial charge in [-0.15, -0.1) is 0 Å². The van der Waals surface area contributed by atoms with Crippen molar-refractivity contribution in [2.75, 3.05) is 11.9 Å². The molecule has 0 fully saturated rings. The highest BCUT2D eigenvalue weighted by atomic mass is 79.9. The third-order valence-electron chi connectivity index (χ3n) is 5.40. The molecule has 2 amide bonds. The average molecular weight is 529 g/mol. The molecule has 2 N–H and O–H groups in total. The molecule has 6 heteroatoms. The number of para-hydroxylation sites is 1. The third-order valence-corrected chi connectivity index (χ3v) is 6.02. The van der Waals surface area contributed by atoms with Gasteiger partial charge in [0.2, 0.25) is 0 Å². The molecule has 0 spiro atoms. The fourth-order valence-corrected chi connectivity index (χ4v) is 4.03. The summed E-state index contributed by atoms with van der Waals surface area (Å²) in [5, 5.41) is 5.76. The zero-order valence-corrected chi connectivity index (χ0v) is 20.6. The molecule has 4 aromatic carbocycles. The van der Waals surface area contributed by atoms with Crippen LogP contribution in [0.1, 0.15) is 31.8 Å². The summed E-state index contributed by atoms with van der Waals surface area (Å²) in [6.45, 7) is 0.931. The molecule has 176 valence electrons. The van der Waals surface area contributed by atoms with E-state index in [1.54, 1.807) is 42.5 Å². The van der Waals surface area contributed by atoms with Gasteiger partial charge in [0.15, 0.2) is 0 Å². The van der Waals surface area contributed by atoms with E-state index in [1.165, 1.54) is 5.56 Å². The van der Waals surface area contributed by atoms with Crippen molar-refractivity contribution < 1.29 is 14.3 Å². The Balaban J connectivity index is 1.37. The average Bonchev–Trinajstić information content (AvgIpc) is 2.89. The van der Waals surface area contributed by atoms with Crippen molar-refractivity contribution in [3.05, 3.63) is 130 Å². The lowest BCUT2D eigenvalue weighted by Gasteiger charge is -2.13. The van der Waals surface area contributed by atoms with Crippen molar-refractivity contribution in [3.8, 4) is 5.75 Å². The number of hydrogen-bond donors (Lipinski definition) is 2. The normalized spacial score (nSPS) is 10.4. The summed E-state index contributed by atoms with van der Waals surface area (Å²) in [7, 11) is 0. The first-order valence-electron chi connectivity index (χ1n) is 11.3. The second kappa shape index (κ2) is 12.0. The monoisotopic (exact) mass is 528 g/mol. The molecule has 35 heavy (non-hydrogen) atoms. The second-order valence-corrected chi connectivity index (χ2v) is 8.75. The van der Waals surface area contributed by atoms with Crippen LogP contribution in [0.25, 0.3) is 0 Å². The standard InChI is InChI=1S/C29H25BrN2O3/c30-25-19-23(15-16-27(25)35-18-17-21-9-3-1-4-10-21)28(33)32-26-14-8-7-13-24(26)29(34)31-20-22-11-5-2-6-12-22/h1-16,19H,17-18,20H2,(H,31,34)(H,32,33). The molecule has 0 unspecified atom stereocenters. The number of benzene rings is 4. The molecule has 0 heterocycles. The highest BCUT2D eigenvalue weighted by Gasteiger charge is 2.15. The van der Waals surface area contributed by atoms with Crippen molar-refractivity contribution >= 4 is 33.4 Å². The minimum absolute atomic E-state index is 0.256.